The van der Waals surface area contributed by atoms with Gasteiger partial charge >= 0.3 is 0 Å². The van der Waals surface area contributed by atoms with Crippen molar-refractivity contribution in [1.29, 1.82) is 0 Å². The van der Waals surface area contributed by atoms with Crippen molar-refractivity contribution in [2.24, 2.45) is 0 Å². The van der Waals surface area contributed by atoms with Gasteiger partial charge in [-0.25, -0.2) is 14.1 Å². The molecule has 0 aliphatic rings. The Morgan fingerprint density at radius 3 is 2.29 bits per heavy atom. The summed E-state index contributed by atoms with van der Waals surface area (Å²) in [6.45, 7) is 2.00. The summed E-state index contributed by atoms with van der Waals surface area (Å²) in [5.74, 6) is -0.238. The maximum atomic E-state index is 13.1. The number of halogens is 1. The summed E-state index contributed by atoms with van der Waals surface area (Å²) in [7, 11) is 0. The largest absolute Gasteiger partial charge is 0.319 e. The van der Waals surface area contributed by atoms with Crippen molar-refractivity contribution in [3.05, 3.63) is 96.1 Å². The van der Waals surface area contributed by atoms with E-state index in [1.165, 1.54) is 24.3 Å². The molecular formula is C22H17FN4O. The van der Waals surface area contributed by atoms with Gasteiger partial charge in [0.1, 0.15) is 5.82 Å². The number of nitrogens with zero attached hydrogens (tertiary/aromatic N) is 3. The molecule has 1 amide bonds. The lowest BCUT2D eigenvalue weighted by molar-refractivity contribution is 0.101. The Hall–Kier alpha value is -3.80. The van der Waals surface area contributed by atoms with Gasteiger partial charge in [-0.1, -0.05) is 48.0 Å². The van der Waals surface area contributed by atoms with Crippen LogP contribution in [0, 0.1) is 12.7 Å². The number of hydrogen-bond acceptors (Lipinski definition) is 3. The Morgan fingerprint density at radius 2 is 1.61 bits per heavy atom. The summed E-state index contributed by atoms with van der Waals surface area (Å²) >= 11 is 0. The molecule has 0 spiro atoms. The molecule has 0 fully saturated rings. The SMILES string of the molecule is Cc1ccc(-n2nc(C(=O)Nc3ccc(F)cc3)nc2-c2ccccc2)cc1. The second kappa shape index (κ2) is 7.44. The van der Waals surface area contributed by atoms with E-state index in [0.717, 1.165) is 16.8 Å². The van der Waals surface area contributed by atoms with Gasteiger partial charge in [0, 0.05) is 11.3 Å². The molecule has 0 aliphatic heterocycles. The van der Waals surface area contributed by atoms with Crippen LogP contribution in [0.5, 0.6) is 0 Å². The molecule has 3 aromatic carbocycles. The summed E-state index contributed by atoms with van der Waals surface area (Å²) in [4.78, 5) is 17.1. The number of hydrogen-bond donors (Lipinski definition) is 1. The second-order valence-electron chi connectivity index (χ2n) is 6.33. The average Bonchev–Trinajstić information content (AvgIpc) is 3.16. The van der Waals surface area contributed by atoms with E-state index in [4.69, 9.17) is 0 Å². The monoisotopic (exact) mass is 372 g/mol. The Bertz CT molecular complexity index is 1100. The lowest BCUT2D eigenvalue weighted by Gasteiger charge is -2.06. The Balaban J connectivity index is 1.73. The maximum Gasteiger partial charge on any atom is 0.295 e. The maximum absolute atomic E-state index is 13.1. The molecule has 0 atom stereocenters. The van der Waals surface area contributed by atoms with Gasteiger partial charge in [-0.05, 0) is 43.3 Å². The predicted octanol–water partition coefficient (Wildman–Crippen LogP) is 4.63. The fourth-order valence-electron chi connectivity index (χ4n) is 2.77. The number of nitrogens with one attached hydrogen (secondary N) is 1. The molecule has 138 valence electrons. The number of carbonyl (C=O) groups excluding carboxylic acids is 1. The van der Waals surface area contributed by atoms with E-state index in [1.807, 2.05) is 61.5 Å². The third-order valence-corrected chi connectivity index (χ3v) is 4.22. The van der Waals surface area contributed by atoms with Gasteiger partial charge < -0.3 is 5.32 Å². The van der Waals surface area contributed by atoms with Gasteiger partial charge in [0.25, 0.3) is 5.91 Å². The van der Waals surface area contributed by atoms with Crippen molar-refractivity contribution >= 4 is 11.6 Å². The van der Waals surface area contributed by atoms with E-state index in [-0.39, 0.29) is 11.6 Å². The van der Waals surface area contributed by atoms with E-state index in [1.54, 1.807) is 4.68 Å². The number of aryl methyl sites for hydroxylation is 1. The smallest absolute Gasteiger partial charge is 0.295 e. The molecule has 0 unspecified atom stereocenters. The van der Waals surface area contributed by atoms with Gasteiger partial charge in [0.15, 0.2) is 5.82 Å². The highest BCUT2D eigenvalue weighted by Crippen LogP contribution is 2.22. The van der Waals surface area contributed by atoms with Crippen LogP contribution in [0.3, 0.4) is 0 Å². The molecule has 0 saturated heterocycles. The summed E-state index contributed by atoms with van der Waals surface area (Å²) in [5, 5.41) is 7.11. The number of amides is 1. The van der Waals surface area contributed by atoms with Crippen LogP contribution in [0.4, 0.5) is 10.1 Å². The number of benzene rings is 3. The highest BCUT2D eigenvalue weighted by Gasteiger charge is 2.19. The molecule has 5 nitrogen and oxygen atoms in total. The van der Waals surface area contributed by atoms with E-state index in [2.05, 4.69) is 15.4 Å². The average molecular weight is 372 g/mol. The fraction of sp³-hybridized carbons (Fsp3) is 0.0455. The van der Waals surface area contributed by atoms with Crippen molar-refractivity contribution < 1.29 is 9.18 Å². The van der Waals surface area contributed by atoms with Crippen LogP contribution in [0.2, 0.25) is 0 Å². The molecule has 0 bridgehead atoms. The molecule has 28 heavy (non-hydrogen) atoms. The molecule has 1 N–H and O–H groups in total. The van der Waals surface area contributed by atoms with Crippen LogP contribution >= 0.6 is 0 Å². The number of anilines is 1. The lowest BCUT2D eigenvalue weighted by atomic mass is 10.2. The molecular weight excluding hydrogens is 355 g/mol. The normalized spacial score (nSPS) is 10.6. The Morgan fingerprint density at radius 1 is 0.929 bits per heavy atom. The third-order valence-electron chi connectivity index (χ3n) is 4.22. The summed E-state index contributed by atoms with van der Waals surface area (Å²) in [6.07, 6.45) is 0. The van der Waals surface area contributed by atoms with E-state index in [0.29, 0.717) is 11.5 Å². The molecule has 0 aliphatic carbocycles. The quantitative estimate of drug-likeness (QED) is 0.568. The molecule has 6 heteroatoms. The topological polar surface area (TPSA) is 59.8 Å². The second-order valence-corrected chi connectivity index (χ2v) is 6.33. The summed E-state index contributed by atoms with van der Waals surface area (Å²) in [6, 6.07) is 22.9. The van der Waals surface area contributed by atoms with Crippen molar-refractivity contribution in [3.8, 4) is 17.1 Å². The first-order valence-electron chi connectivity index (χ1n) is 8.76. The van der Waals surface area contributed by atoms with Gasteiger partial charge in [-0.15, -0.1) is 5.10 Å². The van der Waals surface area contributed by atoms with Crippen molar-refractivity contribution in [2.75, 3.05) is 5.32 Å². The van der Waals surface area contributed by atoms with Gasteiger partial charge in [0.2, 0.25) is 5.82 Å². The highest BCUT2D eigenvalue weighted by molar-refractivity contribution is 6.01. The minimum absolute atomic E-state index is 0.0313. The van der Waals surface area contributed by atoms with Crippen LogP contribution in [0.15, 0.2) is 78.9 Å². The zero-order chi connectivity index (χ0) is 19.5. The summed E-state index contributed by atoms with van der Waals surface area (Å²) < 4.78 is 14.7. The first kappa shape index (κ1) is 17.6. The first-order chi connectivity index (χ1) is 13.6. The highest BCUT2D eigenvalue weighted by atomic mass is 19.1. The molecule has 0 radical (unpaired) electrons. The van der Waals surface area contributed by atoms with E-state index in [9.17, 15) is 9.18 Å². The van der Waals surface area contributed by atoms with Crippen LogP contribution in [0.25, 0.3) is 17.1 Å². The van der Waals surface area contributed by atoms with Crippen LogP contribution in [0.1, 0.15) is 16.2 Å². The molecule has 0 saturated carbocycles. The molecule has 1 heterocycles. The number of carbonyl (C=O) groups is 1. The van der Waals surface area contributed by atoms with Gasteiger partial charge in [0.05, 0.1) is 5.69 Å². The van der Waals surface area contributed by atoms with E-state index < -0.39 is 5.91 Å². The van der Waals surface area contributed by atoms with Gasteiger partial charge in [-0.2, -0.15) is 0 Å². The standard InChI is InChI=1S/C22H17FN4O/c1-15-7-13-19(14-8-15)27-21(16-5-3-2-4-6-16)25-20(26-27)22(28)24-18-11-9-17(23)10-12-18/h2-14H,1H3,(H,24,28). The molecule has 4 rings (SSSR count). The zero-order valence-corrected chi connectivity index (χ0v) is 15.1. The number of aromatic nitrogens is 3. The van der Waals surface area contributed by atoms with E-state index >= 15 is 0 Å². The Kier molecular flexibility index (Phi) is 4.68. The molecule has 1 aromatic heterocycles. The minimum Gasteiger partial charge on any atom is -0.319 e. The predicted molar refractivity (Wildman–Crippen MR) is 106 cm³/mol. The lowest BCUT2D eigenvalue weighted by Crippen LogP contribution is -2.14. The van der Waals surface area contributed by atoms with Gasteiger partial charge in [-0.3, -0.25) is 4.79 Å². The zero-order valence-electron chi connectivity index (χ0n) is 15.1. The van der Waals surface area contributed by atoms with Crippen LogP contribution < -0.4 is 5.32 Å². The van der Waals surface area contributed by atoms with Crippen molar-refractivity contribution in [1.82, 2.24) is 14.8 Å². The Labute approximate surface area is 161 Å². The summed E-state index contributed by atoms with van der Waals surface area (Å²) in [5.41, 5.74) is 3.24. The van der Waals surface area contributed by atoms with Crippen molar-refractivity contribution in [3.63, 3.8) is 0 Å². The third kappa shape index (κ3) is 3.66. The fourth-order valence-corrected chi connectivity index (χ4v) is 2.77. The van der Waals surface area contributed by atoms with Crippen LogP contribution in [-0.2, 0) is 0 Å². The minimum atomic E-state index is -0.463. The number of rotatable bonds is 4. The van der Waals surface area contributed by atoms with Crippen molar-refractivity contribution in [2.45, 2.75) is 6.92 Å². The first-order valence-corrected chi connectivity index (χ1v) is 8.76. The van der Waals surface area contributed by atoms with Crippen LogP contribution in [-0.4, -0.2) is 20.7 Å². The molecule has 4 aromatic rings.